The van der Waals surface area contributed by atoms with Crippen LogP contribution in [0.25, 0.3) is 0 Å². The Bertz CT molecular complexity index is 657. The third-order valence-electron chi connectivity index (χ3n) is 4.96. The third kappa shape index (κ3) is 1.70. The van der Waals surface area contributed by atoms with Crippen molar-refractivity contribution >= 4 is 10.0 Å². The molecule has 5 heteroatoms. The van der Waals surface area contributed by atoms with E-state index in [9.17, 15) is 8.42 Å². The van der Waals surface area contributed by atoms with Crippen molar-refractivity contribution in [2.75, 3.05) is 6.54 Å². The maximum Gasteiger partial charge on any atom is 0.220 e. The average molecular weight is 293 g/mol. The van der Waals surface area contributed by atoms with Crippen molar-refractivity contribution in [3.05, 3.63) is 35.4 Å². The van der Waals surface area contributed by atoms with Gasteiger partial charge < -0.3 is 4.74 Å². The minimum atomic E-state index is -3.21. The van der Waals surface area contributed by atoms with E-state index in [4.69, 9.17) is 4.74 Å². The highest BCUT2D eigenvalue weighted by Gasteiger charge is 2.65. The number of benzene rings is 1. The maximum atomic E-state index is 12.7. The molecule has 0 amide bonds. The Hall–Kier alpha value is -0.910. The topological polar surface area (TPSA) is 46.6 Å². The summed E-state index contributed by atoms with van der Waals surface area (Å²) in [7, 11) is -3.21. The molecule has 4 rings (SSSR count). The first-order valence-electron chi connectivity index (χ1n) is 7.22. The summed E-state index contributed by atoms with van der Waals surface area (Å²) in [6.07, 6.45) is 2.78. The Morgan fingerprint density at radius 3 is 3.00 bits per heavy atom. The van der Waals surface area contributed by atoms with Gasteiger partial charge in [0.05, 0.1) is 6.10 Å². The predicted molar refractivity (Wildman–Crippen MR) is 75.8 cm³/mol. The summed E-state index contributed by atoms with van der Waals surface area (Å²) < 4.78 is 33.0. The van der Waals surface area contributed by atoms with Crippen LogP contribution in [-0.4, -0.2) is 36.2 Å². The Kier molecular flexibility index (Phi) is 2.60. The molecule has 20 heavy (non-hydrogen) atoms. The van der Waals surface area contributed by atoms with E-state index >= 15 is 0 Å². The fourth-order valence-electron chi connectivity index (χ4n) is 4.05. The van der Waals surface area contributed by atoms with Crippen LogP contribution in [0.1, 0.15) is 30.4 Å². The van der Waals surface area contributed by atoms with Gasteiger partial charge in [-0.1, -0.05) is 29.8 Å². The van der Waals surface area contributed by atoms with Crippen LogP contribution in [0.5, 0.6) is 0 Å². The van der Waals surface area contributed by atoms with Gasteiger partial charge in [0, 0.05) is 13.1 Å². The Labute approximate surface area is 119 Å². The van der Waals surface area contributed by atoms with Crippen molar-refractivity contribution in [3.8, 4) is 0 Å². The lowest BCUT2D eigenvalue weighted by Gasteiger charge is -2.21. The first kappa shape index (κ1) is 12.8. The Morgan fingerprint density at radius 1 is 1.45 bits per heavy atom. The zero-order chi connectivity index (χ0) is 14.0. The van der Waals surface area contributed by atoms with Crippen LogP contribution in [0, 0.1) is 6.92 Å². The fourth-order valence-corrected chi connectivity index (χ4v) is 6.39. The minimum Gasteiger partial charge on any atom is -0.369 e. The number of hydrogen-bond acceptors (Lipinski definition) is 3. The van der Waals surface area contributed by atoms with Crippen LogP contribution in [0.15, 0.2) is 24.3 Å². The molecule has 0 N–H and O–H groups in total. The van der Waals surface area contributed by atoms with Gasteiger partial charge in [0.25, 0.3) is 0 Å². The molecule has 3 aliphatic rings. The van der Waals surface area contributed by atoms with E-state index in [0.29, 0.717) is 19.5 Å². The number of rotatable bonds is 2. The first-order chi connectivity index (χ1) is 9.49. The SMILES string of the molecule is Cc1cccc(CN2CC34CCC(CC3S2(=O)=O)O4)c1. The van der Waals surface area contributed by atoms with Gasteiger partial charge in [-0.25, -0.2) is 8.42 Å². The van der Waals surface area contributed by atoms with Gasteiger partial charge in [-0.15, -0.1) is 0 Å². The standard InChI is InChI=1S/C15H19NO3S/c1-11-3-2-4-12(7-11)9-16-10-15-6-5-13(19-15)8-14(15)20(16,17)18/h2-4,7,13-14H,5-6,8-10H2,1H3. The predicted octanol–water partition coefficient (Wildman–Crippen LogP) is 1.83. The van der Waals surface area contributed by atoms with Gasteiger partial charge in [0.15, 0.2) is 0 Å². The summed E-state index contributed by atoms with van der Waals surface area (Å²) in [5.74, 6) is 0. The second kappa shape index (κ2) is 4.06. The maximum absolute atomic E-state index is 12.7. The summed E-state index contributed by atoms with van der Waals surface area (Å²) in [6.45, 7) is 3.03. The Morgan fingerprint density at radius 2 is 2.30 bits per heavy atom. The van der Waals surface area contributed by atoms with Gasteiger partial charge in [0.2, 0.25) is 10.0 Å². The van der Waals surface area contributed by atoms with Gasteiger partial charge in [-0.05, 0) is 31.7 Å². The normalized spacial score (nSPS) is 38.2. The highest BCUT2D eigenvalue weighted by molar-refractivity contribution is 7.90. The van der Waals surface area contributed by atoms with Crippen molar-refractivity contribution in [3.63, 3.8) is 0 Å². The zero-order valence-electron chi connectivity index (χ0n) is 11.6. The lowest BCUT2D eigenvalue weighted by molar-refractivity contribution is 0.0119. The van der Waals surface area contributed by atoms with Crippen LogP contribution >= 0.6 is 0 Å². The van der Waals surface area contributed by atoms with Crippen molar-refractivity contribution < 1.29 is 13.2 Å². The number of hydrogen-bond donors (Lipinski definition) is 0. The van der Waals surface area contributed by atoms with Gasteiger partial charge >= 0.3 is 0 Å². The lowest BCUT2D eigenvalue weighted by Crippen LogP contribution is -2.38. The molecular formula is C15H19NO3S. The molecule has 1 aromatic rings. The molecule has 0 aromatic heterocycles. The third-order valence-corrected chi connectivity index (χ3v) is 7.28. The molecule has 3 saturated heterocycles. The second-order valence-electron chi connectivity index (χ2n) is 6.37. The molecule has 3 unspecified atom stereocenters. The summed E-state index contributed by atoms with van der Waals surface area (Å²) >= 11 is 0. The summed E-state index contributed by atoms with van der Waals surface area (Å²) in [5, 5.41) is -0.307. The molecule has 3 fully saturated rings. The largest absolute Gasteiger partial charge is 0.369 e. The molecular weight excluding hydrogens is 274 g/mol. The molecule has 1 aromatic carbocycles. The van der Waals surface area contributed by atoms with Crippen LogP contribution < -0.4 is 0 Å². The van der Waals surface area contributed by atoms with Gasteiger partial charge in [-0.3, -0.25) is 0 Å². The van der Waals surface area contributed by atoms with E-state index in [2.05, 4.69) is 6.07 Å². The van der Waals surface area contributed by atoms with Crippen molar-refractivity contribution in [2.45, 2.75) is 49.7 Å². The number of ether oxygens (including phenoxy) is 1. The summed E-state index contributed by atoms with van der Waals surface area (Å²) in [6, 6.07) is 8.06. The van der Waals surface area contributed by atoms with Crippen molar-refractivity contribution in [1.29, 1.82) is 0 Å². The average Bonchev–Trinajstić information content (AvgIpc) is 3.00. The fraction of sp³-hybridized carbons (Fsp3) is 0.600. The molecule has 3 atom stereocenters. The second-order valence-corrected chi connectivity index (χ2v) is 8.49. The van der Waals surface area contributed by atoms with Crippen LogP contribution in [0.2, 0.25) is 0 Å². The number of aryl methyl sites for hydroxylation is 1. The first-order valence-corrected chi connectivity index (χ1v) is 8.72. The molecule has 0 aliphatic carbocycles. The Balaban J connectivity index is 1.64. The molecule has 108 valence electrons. The van der Waals surface area contributed by atoms with E-state index in [-0.39, 0.29) is 11.4 Å². The van der Waals surface area contributed by atoms with Crippen molar-refractivity contribution in [1.82, 2.24) is 4.31 Å². The van der Waals surface area contributed by atoms with E-state index < -0.39 is 15.6 Å². The van der Waals surface area contributed by atoms with E-state index in [0.717, 1.165) is 24.0 Å². The molecule has 0 saturated carbocycles. The smallest absolute Gasteiger partial charge is 0.220 e. The number of fused-ring (bicyclic) bond motifs is 1. The molecule has 2 bridgehead atoms. The quantitative estimate of drug-likeness (QED) is 0.836. The van der Waals surface area contributed by atoms with E-state index in [1.165, 1.54) is 0 Å². The molecule has 0 radical (unpaired) electrons. The number of nitrogens with zero attached hydrogens (tertiary/aromatic N) is 1. The lowest BCUT2D eigenvalue weighted by atomic mass is 9.88. The van der Waals surface area contributed by atoms with Crippen LogP contribution in [0.3, 0.4) is 0 Å². The molecule has 1 spiro atoms. The van der Waals surface area contributed by atoms with Crippen molar-refractivity contribution in [2.24, 2.45) is 0 Å². The molecule has 3 heterocycles. The van der Waals surface area contributed by atoms with Gasteiger partial charge in [0.1, 0.15) is 10.9 Å². The highest BCUT2D eigenvalue weighted by Crippen LogP contribution is 2.52. The van der Waals surface area contributed by atoms with E-state index in [1.54, 1.807) is 4.31 Å². The van der Waals surface area contributed by atoms with E-state index in [1.807, 2.05) is 25.1 Å². The zero-order valence-corrected chi connectivity index (χ0v) is 12.4. The molecule has 3 aliphatic heterocycles. The molecule has 4 nitrogen and oxygen atoms in total. The number of sulfonamides is 1. The van der Waals surface area contributed by atoms with Gasteiger partial charge in [-0.2, -0.15) is 4.31 Å². The van der Waals surface area contributed by atoms with Crippen LogP contribution in [-0.2, 0) is 21.3 Å². The summed E-state index contributed by atoms with van der Waals surface area (Å²) in [5.41, 5.74) is 1.81. The van der Waals surface area contributed by atoms with Crippen LogP contribution in [0.4, 0.5) is 0 Å². The highest BCUT2D eigenvalue weighted by atomic mass is 32.2. The monoisotopic (exact) mass is 293 g/mol. The summed E-state index contributed by atoms with van der Waals surface area (Å²) in [4.78, 5) is 0. The minimum absolute atomic E-state index is 0.177.